The van der Waals surface area contributed by atoms with Gasteiger partial charge in [-0.05, 0) is 37.1 Å². The van der Waals surface area contributed by atoms with Gasteiger partial charge in [0, 0.05) is 25.3 Å². The smallest absolute Gasteiger partial charge is 0.328 e. The number of hydrogen-bond acceptors (Lipinski definition) is 4. The number of carbonyl (C=O) groups is 1. The highest BCUT2D eigenvalue weighted by atomic mass is 32.2. The molecule has 0 aliphatic carbocycles. The molecule has 0 unspecified atom stereocenters. The largest absolute Gasteiger partial charge is 0.369 e. The molecule has 0 saturated heterocycles. The van der Waals surface area contributed by atoms with Gasteiger partial charge in [0.2, 0.25) is 0 Å². The first-order valence-electron chi connectivity index (χ1n) is 8.16. The number of sulfonamides is 1. The number of nitrogens with zero attached hydrogens (tertiary/aromatic N) is 1. The molecule has 0 fully saturated rings. The van der Waals surface area contributed by atoms with Gasteiger partial charge < -0.3 is 10.2 Å². The van der Waals surface area contributed by atoms with Gasteiger partial charge in [-0.3, -0.25) is 0 Å². The van der Waals surface area contributed by atoms with E-state index in [1.807, 2.05) is 23.8 Å². The van der Waals surface area contributed by atoms with Crippen LogP contribution in [0.3, 0.4) is 0 Å². The number of aryl methyl sites for hydroxylation is 1. The average molecular weight is 359 g/mol. The third-order valence-electron chi connectivity index (χ3n) is 4.21. The van der Waals surface area contributed by atoms with Crippen molar-refractivity contribution in [3.05, 3.63) is 59.7 Å². The van der Waals surface area contributed by atoms with Crippen molar-refractivity contribution in [2.24, 2.45) is 0 Å². The molecule has 1 aliphatic heterocycles. The zero-order chi connectivity index (χ0) is 17.9. The number of nitrogens with one attached hydrogen (secondary N) is 2. The number of para-hydroxylation sites is 1. The molecule has 2 amide bonds. The predicted molar refractivity (Wildman–Crippen MR) is 97.3 cm³/mol. The van der Waals surface area contributed by atoms with Gasteiger partial charge in [0.05, 0.1) is 4.90 Å². The van der Waals surface area contributed by atoms with Crippen LogP contribution in [0, 0.1) is 6.92 Å². The van der Waals surface area contributed by atoms with Gasteiger partial charge in [-0.25, -0.2) is 17.9 Å². The first-order valence-corrected chi connectivity index (χ1v) is 9.64. The van der Waals surface area contributed by atoms with Crippen LogP contribution >= 0.6 is 0 Å². The summed E-state index contributed by atoms with van der Waals surface area (Å²) in [6.45, 7) is 3.77. The number of fused-ring (bicyclic) bond motifs is 1. The van der Waals surface area contributed by atoms with Crippen LogP contribution in [0.4, 0.5) is 10.5 Å². The van der Waals surface area contributed by atoms with E-state index in [1.165, 1.54) is 23.4 Å². The number of amides is 2. The molecule has 1 aliphatic rings. The summed E-state index contributed by atoms with van der Waals surface area (Å²) < 4.78 is 26.3. The van der Waals surface area contributed by atoms with Crippen molar-refractivity contribution in [3.63, 3.8) is 0 Å². The molecule has 0 radical (unpaired) electrons. The van der Waals surface area contributed by atoms with Gasteiger partial charge in [0.15, 0.2) is 0 Å². The molecule has 2 aromatic carbocycles. The average Bonchev–Trinajstić information content (AvgIpc) is 2.98. The van der Waals surface area contributed by atoms with E-state index < -0.39 is 16.1 Å². The molecular formula is C18H21N3O3S. The van der Waals surface area contributed by atoms with Gasteiger partial charge in [-0.15, -0.1) is 0 Å². The van der Waals surface area contributed by atoms with E-state index >= 15 is 0 Å². The van der Waals surface area contributed by atoms with Crippen molar-refractivity contribution in [1.29, 1.82) is 0 Å². The minimum absolute atomic E-state index is 0.0710. The minimum Gasteiger partial charge on any atom is -0.369 e. The second-order valence-electron chi connectivity index (χ2n) is 6.04. The highest BCUT2D eigenvalue weighted by molar-refractivity contribution is 7.90. The minimum atomic E-state index is -3.85. The van der Waals surface area contributed by atoms with Crippen molar-refractivity contribution in [1.82, 2.24) is 10.0 Å². The Kier molecular flexibility index (Phi) is 4.94. The second-order valence-corrected chi connectivity index (χ2v) is 7.72. The molecule has 3 rings (SSSR count). The fourth-order valence-corrected chi connectivity index (χ4v) is 3.81. The van der Waals surface area contributed by atoms with E-state index in [-0.39, 0.29) is 4.90 Å². The number of carbonyl (C=O) groups excluding carboxylic acids is 1. The van der Waals surface area contributed by atoms with E-state index in [1.54, 1.807) is 12.1 Å². The Morgan fingerprint density at radius 3 is 2.60 bits per heavy atom. The summed E-state index contributed by atoms with van der Waals surface area (Å²) in [5, 5.41) is 2.61. The maximum absolute atomic E-state index is 12.2. The lowest BCUT2D eigenvalue weighted by Crippen LogP contribution is -2.42. The zero-order valence-corrected chi connectivity index (χ0v) is 14.8. The summed E-state index contributed by atoms with van der Waals surface area (Å²) in [7, 11) is -3.85. The molecule has 7 heteroatoms. The molecule has 25 heavy (non-hydrogen) atoms. The molecular weight excluding hydrogens is 338 g/mol. The van der Waals surface area contributed by atoms with E-state index in [0.29, 0.717) is 13.1 Å². The Balaban J connectivity index is 1.51. The van der Waals surface area contributed by atoms with Crippen molar-refractivity contribution < 1.29 is 13.2 Å². The summed E-state index contributed by atoms with van der Waals surface area (Å²) in [4.78, 5) is 14.2. The van der Waals surface area contributed by atoms with Crippen molar-refractivity contribution in [3.8, 4) is 0 Å². The van der Waals surface area contributed by atoms with E-state index in [0.717, 1.165) is 18.5 Å². The fourth-order valence-electron chi connectivity index (χ4n) is 2.88. The van der Waals surface area contributed by atoms with Crippen LogP contribution in [0.5, 0.6) is 0 Å². The first-order chi connectivity index (χ1) is 12.0. The number of hydrogen-bond donors (Lipinski definition) is 2. The molecule has 0 atom stereocenters. The Morgan fingerprint density at radius 1 is 1.12 bits per heavy atom. The molecule has 6 nitrogen and oxygen atoms in total. The topological polar surface area (TPSA) is 78.5 Å². The second kappa shape index (κ2) is 7.14. The summed E-state index contributed by atoms with van der Waals surface area (Å²) in [6, 6.07) is 13.8. The predicted octanol–water partition coefficient (Wildman–Crippen LogP) is 2.05. The Labute approximate surface area is 147 Å². The summed E-state index contributed by atoms with van der Waals surface area (Å²) in [6.07, 6.45) is 0.990. The summed E-state index contributed by atoms with van der Waals surface area (Å²) >= 11 is 0. The molecule has 0 aromatic heterocycles. The van der Waals surface area contributed by atoms with Crippen LogP contribution < -0.4 is 14.9 Å². The van der Waals surface area contributed by atoms with Gasteiger partial charge >= 0.3 is 6.03 Å². The van der Waals surface area contributed by atoms with Crippen molar-refractivity contribution in [2.75, 3.05) is 24.5 Å². The normalized spacial score (nSPS) is 13.4. The fraction of sp³-hybridized carbons (Fsp3) is 0.278. The Morgan fingerprint density at radius 2 is 1.84 bits per heavy atom. The molecule has 0 spiro atoms. The van der Waals surface area contributed by atoms with Crippen LogP contribution in [0.15, 0.2) is 53.4 Å². The van der Waals surface area contributed by atoms with Gasteiger partial charge in [-0.1, -0.05) is 35.9 Å². The molecule has 132 valence electrons. The van der Waals surface area contributed by atoms with Crippen LogP contribution in [0.25, 0.3) is 0 Å². The Hall–Kier alpha value is -2.54. The summed E-state index contributed by atoms with van der Waals surface area (Å²) in [5.41, 5.74) is 3.43. The quantitative estimate of drug-likeness (QED) is 0.856. The van der Waals surface area contributed by atoms with E-state index in [2.05, 4.69) is 22.3 Å². The van der Waals surface area contributed by atoms with E-state index in [4.69, 9.17) is 0 Å². The van der Waals surface area contributed by atoms with Gasteiger partial charge in [-0.2, -0.15) is 0 Å². The van der Waals surface area contributed by atoms with Crippen LogP contribution in [0.1, 0.15) is 11.1 Å². The van der Waals surface area contributed by atoms with Crippen molar-refractivity contribution >= 4 is 21.7 Å². The third kappa shape index (κ3) is 4.11. The van der Waals surface area contributed by atoms with Crippen LogP contribution in [-0.2, 0) is 16.4 Å². The molecule has 0 saturated carbocycles. The number of benzene rings is 2. The highest BCUT2D eigenvalue weighted by Crippen LogP contribution is 2.26. The van der Waals surface area contributed by atoms with Gasteiger partial charge in [0.1, 0.15) is 0 Å². The molecule has 0 bridgehead atoms. The lowest BCUT2D eigenvalue weighted by molar-refractivity contribution is 0.246. The lowest BCUT2D eigenvalue weighted by Gasteiger charge is -2.19. The Bertz CT molecular complexity index is 863. The maximum atomic E-state index is 12.2. The maximum Gasteiger partial charge on any atom is 0.328 e. The molecule has 2 N–H and O–H groups in total. The molecule has 1 heterocycles. The first kappa shape index (κ1) is 17.3. The number of anilines is 1. The number of urea groups is 1. The highest BCUT2D eigenvalue weighted by Gasteiger charge is 2.19. The monoisotopic (exact) mass is 359 g/mol. The van der Waals surface area contributed by atoms with Gasteiger partial charge in [0.25, 0.3) is 10.0 Å². The third-order valence-corrected chi connectivity index (χ3v) is 5.56. The van der Waals surface area contributed by atoms with E-state index in [9.17, 15) is 13.2 Å². The molecule has 2 aromatic rings. The lowest BCUT2D eigenvalue weighted by atomic mass is 10.2. The SMILES string of the molecule is Cc1ccc(S(=O)(=O)NC(=O)NCCN2CCc3ccccc32)cc1. The van der Waals surface area contributed by atoms with Crippen molar-refractivity contribution in [2.45, 2.75) is 18.2 Å². The standard InChI is InChI=1S/C18H21N3O3S/c1-14-6-8-16(9-7-14)25(23,24)20-18(22)19-11-13-21-12-10-15-4-2-3-5-17(15)21/h2-9H,10-13H2,1H3,(H2,19,20,22). The zero-order valence-electron chi connectivity index (χ0n) is 14.0. The summed E-state index contributed by atoms with van der Waals surface area (Å²) in [5.74, 6) is 0. The van der Waals surface area contributed by atoms with Crippen LogP contribution in [0.2, 0.25) is 0 Å². The van der Waals surface area contributed by atoms with Crippen LogP contribution in [-0.4, -0.2) is 34.1 Å². The number of rotatable bonds is 5.